The molecule has 0 aliphatic heterocycles. The molecule has 0 radical (unpaired) electrons. The van der Waals surface area contributed by atoms with Crippen molar-refractivity contribution < 1.29 is 23.1 Å². The zero-order valence-corrected chi connectivity index (χ0v) is 20.2. The highest BCUT2D eigenvalue weighted by Crippen LogP contribution is 2.28. The predicted octanol–water partition coefficient (Wildman–Crippen LogP) is 3.89. The molecule has 1 fully saturated rings. The molecule has 2 N–H and O–H groups in total. The van der Waals surface area contributed by atoms with Crippen LogP contribution in [-0.4, -0.2) is 31.2 Å². The monoisotopic (exact) mass is 524 g/mol. The van der Waals surface area contributed by atoms with Crippen LogP contribution in [0.5, 0.6) is 5.75 Å². The highest BCUT2D eigenvalue weighted by Gasteiger charge is 2.28. The van der Waals surface area contributed by atoms with Gasteiger partial charge in [-0.05, 0) is 68.5 Å². The van der Waals surface area contributed by atoms with Gasteiger partial charge < -0.3 is 10.4 Å². The van der Waals surface area contributed by atoms with Crippen LogP contribution in [0.25, 0.3) is 16.7 Å². The standard InChI is InChI=1S/C27H23F3N4O4/c1-14-2-8-19(23(35)10-14)25(36)32-16-3-5-17(6-4-16)34-26(37)20-11-15(28)13-31-24(20)33(27(34)38)18-7-9-21(29)22(30)12-18/h2,7-13,16-17,35H,3-6H2,1H3,(H,32,36). The van der Waals surface area contributed by atoms with Gasteiger partial charge in [0.1, 0.15) is 11.6 Å². The van der Waals surface area contributed by atoms with Crippen LogP contribution in [0.3, 0.4) is 0 Å². The number of nitrogens with zero attached hydrogens (tertiary/aromatic N) is 3. The third kappa shape index (κ3) is 4.55. The smallest absolute Gasteiger partial charge is 0.337 e. The van der Waals surface area contributed by atoms with Crippen LogP contribution in [0.2, 0.25) is 0 Å². The maximum Gasteiger partial charge on any atom is 0.337 e. The van der Waals surface area contributed by atoms with Gasteiger partial charge in [-0.3, -0.25) is 14.2 Å². The molecule has 5 rings (SSSR count). The van der Waals surface area contributed by atoms with Crippen LogP contribution < -0.4 is 16.6 Å². The molecule has 11 heteroatoms. The fraction of sp³-hybridized carbons (Fsp3) is 0.259. The highest BCUT2D eigenvalue weighted by atomic mass is 19.2. The summed E-state index contributed by atoms with van der Waals surface area (Å²) in [4.78, 5) is 43.4. The van der Waals surface area contributed by atoms with E-state index in [1.54, 1.807) is 13.0 Å². The number of phenols is 1. The zero-order chi connectivity index (χ0) is 27.1. The molecule has 2 heterocycles. The molecule has 2 aromatic heterocycles. The number of amides is 1. The fourth-order valence-electron chi connectivity index (χ4n) is 4.94. The first-order valence-electron chi connectivity index (χ1n) is 12.0. The number of aromatic hydroxyl groups is 1. The Hall–Kier alpha value is -4.41. The number of hydrogen-bond donors (Lipinski definition) is 2. The summed E-state index contributed by atoms with van der Waals surface area (Å²) in [6, 6.07) is 7.69. The molecule has 38 heavy (non-hydrogen) atoms. The molecule has 0 bridgehead atoms. The number of carbonyl (C=O) groups is 1. The van der Waals surface area contributed by atoms with Gasteiger partial charge in [-0.1, -0.05) is 6.07 Å². The van der Waals surface area contributed by atoms with Crippen LogP contribution in [0, 0.1) is 24.4 Å². The van der Waals surface area contributed by atoms with Gasteiger partial charge in [0, 0.05) is 18.2 Å². The number of carbonyl (C=O) groups excluding carboxylic acids is 1. The van der Waals surface area contributed by atoms with E-state index in [9.17, 15) is 32.7 Å². The first-order valence-corrected chi connectivity index (χ1v) is 12.0. The average molecular weight is 524 g/mol. The van der Waals surface area contributed by atoms with E-state index in [4.69, 9.17) is 0 Å². The van der Waals surface area contributed by atoms with Gasteiger partial charge in [-0.2, -0.15) is 0 Å². The van der Waals surface area contributed by atoms with Crippen molar-refractivity contribution in [3.8, 4) is 11.4 Å². The number of phenolic OH excluding ortho intramolecular Hbond substituents is 1. The van der Waals surface area contributed by atoms with Gasteiger partial charge in [0.2, 0.25) is 0 Å². The molecular weight excluding hydrogens is 501 g/mol. The molecule has 0 atom stereocenters. The zero-order valence-electron chi connectivity index (χ0n) is 20.2. The third-order valence-corrected chi connectivity index (χ3v) is 6.85. The summed E-state index contributed by atoms with van der Waals surface area (Å²) in [6.45, 7) is 1.79. The number of rotatable bonds is 4. The molecule has 4 aromatic rings. The normalized spacial score (nSPS) is 17.5. The first kappa shape index (κ1) is 25.2. The summed E-state index contributed by atoms with van der Waals surface area (Å²) in [6.07, 6.45) is 2.37. The fourth-order valence-corrected chi connectivity index (χ4v) is 4.94. The number of nitrogens with one attached hydrogen (secondary N) is 1. The van der Waals surface area contributed by atoms with Gasteiger partial charge in [0.25, 0.3) is 11.5 Å². The minimum Gasteiger partial charge on any atom is -0.507 e. The van der Waals surface area contributed by atoms with Crippen molar-refractivity contribution in [3.63, 3.8) is 0 Å². The van der Waals surface area contributed by atoms with Gasteiger partial charge in [0.15, 0.2) is 17.3 Å². The van der Waals surface area contributed by atoms with E-state index in [1.807, 2.05) is 0 Å². The quantitative estimate of drug-likeness (QED) is 0.421. The van der Waals surface area contributed by atoms with Crippen LogP contribution in [0.15, 0.2) is 58.3 Å². The molecule has 1 saturated carbocycles. The minimum atomic E-state index is -1.20. The number of aromatic nitrogens is 3. The summed E-state index contributed by atoms with van der Waals surface area (Å²) >= 11 is 0. The maximum absolute atomic E-state index is 14.0. The van der Waals surface area contributed by atoms with Crippen molar-refractivity contribution in [1.29, 1.82) is 0 Å². The van der Waals surface area contributed by atoms with E-state index < -0.39 is 40.6 Å². The Balaban J connectivity index is 1.47. The van der Waals surface area contributed by atoms with Crippen LogP contribution in [-0.2, 0) is 0 Å². The second kappa shape index (κ2) is 9.81. The topological polar surface area (TPSA) is 106 Å². The molecule has 1 aliphatic carbocycles. The Morgan fingerprint density at radius 1 is 1.00 bits per heavy atom. The van der Waals surface area contributed by atoms with E-state index in [2.05, 4.69) is 10.3 Å². The molecule has 1 amide bonds. The van der Waals surface area contributed by atoms with Gasteiger partial charge >= 0.3 is 5.69 Å². The van der Waals surface area contributed by atoms with E-state index in [-0.39, 0.29) is 34.1 Å². The van der Waals surface area contributed by atoms with E-state index in [1.165, 1.54) is 18.2 Å². The van der Waals surface area contributed by atoms with Gasteiger partial charge in [-0.25, -0.2) is 27.5 Å². The lowest BCUT2D eigenvalue weighted by atomic mass is 9.90. The second-order valence-corrected chi connectivity index (χ2v) is 9.42. The molecule has 8 nitrogen and oxygen atoms in total. The molecule has 2 aromatic carbocycles. The predicted molar refractivity (Wildman–Crippen MR) is 133 cm³/mol. The van der Waals surface area contributed by atoms with Gasteiger partial charge in [-0.15, -0.1) is 0 Å². The minimum absolute atomic E-state index is 0.0642. The Morgan fingerprint density at radius 2 is 1.74 bits per heavy atom. The van der Waals surface area contributed by atoms with Crippen molar-refractivity contribution in [2.75, 3.05) is 0 Å². The number of halogens is 3. The molecule has 1 aliphatic rings. The largest absolute Gasteiger partial charge is 0.507 e. The number of aryl methyl sites for hydroxylation is 1. The van der Waals surface area contributed by atoms with E-state index >= 15 is 0 Å². The first-order chi connectivity index (χ1) is 18.1. The summed E-state index contributed by atoms with van der Waals surface area (Å²) in [5.74, 6) is -3.66. The number of benzene rings is 2. The van der Waals surface area contributed by atoms with Crippen LogP contribution >= 0.6 is 0 Å². The molecule has 196 valence electrons. The van der Waals surface area contributed by atoms with Crippen molar-refractivity contribution >= 4 is 16.9 Å². The molecule has 0 unspecified atom stereocenters. The summed E-state index contributed by atoms with van der Waals surface area (Å²) in [5.41, 5.74) is -0.845. The Labute approximate surface area is 214 Å². The Morgan fingerprint density at radius 3 is 2.42 bits per heavy atom. The van der Waals surface area contributed by atoms with Crippen molar-refractivity contribution in [2.45, 2.75) is 44.7 Å². The van der Waals surface area contributed by atoms with Crippen LogP contribution in [0.4, 0.5) is 13.2 Å². The molecular formula is C27H23F3N4O4. The lowest BCUT2D eigenvalue weighted by Gasteiger charge is -2.30. The summed E-state index contributed by atoms with van der Waals surface area (Å²) in [5, 5.41) is 12.8. The highest BCUT2D eigenvalue weighted by molar-refractivity contribution is 5.97. The lowest BCUT2D eigenvalue weighted by Crippen LogP contribution is -2.45. The Bertz CT molecular complexity index is 1690. The number of pyridine rings is 1. The number of fused-ring (bicyclic) bond motifs is 1. The van der Waals surface area contributed by atoms with Crippen molar-refractivity contribution in [1.82, 2.24) is 19.4 Å². The van der Waals surface area contributed by atoms with Crippen molar-refractivity contribution in [2.24, 2.45) is 0 Å². The summed E-state index contributed by atoms with van der Waals surface area (Å²) < 4.78 is 43.6. The summed E-state index contributed by atoms with van der Waals surface area (Å²) in [7, 11) is 0. The van der Waals surface area contributed by atoms with Crippen LogP contribution in [0.1, 0.15) is 47.6 Å². The van der Waals surface area contributed by atoms with E-state index in [0.29, 0.717) is 25.7 Å². The third-order valence-electron chi connectivity index (χ3n) is 6.85. The second-order valence-electron chi connectivity index (χ2n) is 9.42. The molecule has 0 spiro atoms. The van der Waals surface area contributed by atoms with E-state index in [0.717, 1.165) is 39.1 Å². The molecule has 0 saturated heterocycles. The maximum atomic E-state index is 14.0. The number of hydrogen-bond acceptors (Lipinski definition) is 5. The van der Waals surface area contributed by atoms with Gasteiger partial charge in [0.05, 0.1) is 22.8 Å². The Kier molecular flexibility index (Phi) is 6.52. The van der Waals surface area contributed by atoms with Crippen molar-refractivity contribution in [3.05, 3.63) is 98.1 Å². The lowest BCUT2D eigenvalue weighted by molar-refractivity contribution is 0.0919. The average Bonchev–Trinajstić information content (AvgIpc) is 2.87. The SMILES string of the molecule is Cc1ccc(C(=O)NC2CCC(n3c(=O)c4cc(F)cnc4n(-c4ccc(F)c(F)c4)c3=O)CC2)c(O)c1.